The molecule has 1 aliphatic rings. The van der Waals surface area contributed by atoms with Gasteiger partial charge in [-0.1, -0.05) is 54.1 Å². The van der Waals surface area contributed by atoms with Crippen LogP contribution in [-0.2, 0) is 0 Å². The third-order valence-electron chi connectivity index (χ3n) is 6.30. The van der Waals surface area contributed by atoms with E-state index in [2.05, 4.69) is 52.4 Å². The fourth-order valence-electron chi connectivity index (χ4n) is 4.39. The lowest BCUT2D eigenvalue weighted by atomic mass is 10.0. The molecule has 170 valence electrons. The number of rotatable bonds is 5. The van der Waals surface area contributed by atoms with Crippen molar-refractivity contribution in [1.82, 2.24) is 19.8 Å². The van der Waals surface area contributed by atoms with Crippen LogP contribution in [0.1, 0.15) is 21.5 Å². The Morgan fingerprint density at radius 3 is 2.47 bits per heavy atom. The highest BCUT2D eigenvalue weighted by molar-refractivity contribution is 6.07. The number of pyridine rings is 2. The number of aryl methyl sites for hydroxylation is 1. The Bertz CT molecular complexity index is 1310. The molecule has 0 spiro atoms. The highest BCUT2D eigenvalue weighted by atomic mass is 16.2. The van der Waals surface area contributed by atoms with Crippen molar-refractivity contribution in [2.45, 2.75) is 6.92 Å². The second-order valence-corrected chi connectivity index (χ2v) is 8.72. The van der Waals surface area contributed by atoms with E-state index in [4.69, 9.17) is 4.98 Å². The van der Waals surface area contributed by atoms with Gasteiger partial charge in [-0.05, 0) is 42.8 Å². The van der Waals surface area contributed by atoms with Gasteiger partial charge in [-0.15, -0.1) is 0 Å². The maximum atomic E-state index is 13.7. The van der Waals surface area contributed by atoms with Gasteiger partial charge in [0.15, 0.2) is 0 Å². The zero-order valence-electron chi connectivity index (χ0n) is 19.4. The van der Waals surface area contributed by atoms with Crippen LogP contribution >= 0.6 is 0 Å². The van der Waals surface area contributed by atoms with E-state index in [1.807, 2.05) is 48.2 Å². The van der Waals surface area contributed by atoms with E-state index >= 15 is 0 Å². The molecule has 1 aliphatic heterocycles. The molecule has 0 atom stereocenters. The molecule has 3 heterocycles. The lowest BCUT2D eigenvalue weighted by molar-refractivity contribution is 0.0652. The van der Waals surface area contributed by atoms with Gasteiger partial charge in [0.2, 0.25) is 0 Å². The summed E-state index contributed by atoms with van der Waals surface area (Å²) in [7, 11) is 0. The summed E-state index contributed by atoms with van der Waals surface area (Å²) in [6.07, 6.45) is 7.86. The number of carbonyl (C=O) groups excluding carboxylic acids is 1. The van der Waals surface area contributed by atoms with Gasteiger partial charge < -0.3 is 4.90 Å². The fourth-order valence-corrected chi connectivity index (χ4v) is 4.39. The fraction of sp³-hybridized carbons (Fsp3) is 0.207. The number of hydrogen-bond acceptors (Lipinski definition) is 4. The summed E-state index contributed by atoms with van der Waals surface area (Å²) in [6, 6.07) is 22.2. The second kappa shape index (κ2) is 9.98. The summed E-state index contributed by atoms with van der Waals surface area (Å²) in [6.45, 7) is 6.11. The molecule has 4 aromatic rings. The summed E-state index contributed by atoms with van der Waals surface area (Å²) in [5.74, 6) is 0.0767. The molecule has 5 nitrogen and oxygen atoms in total. The molecule has 2 aromatic heterocycles. The first kappa shape index (κ1) is 22.0. The van der Waals surface area contributed by atoms with E-state index in [0.717, 1.165) is 66.0 Å². The number of nitrogens with zero attached hydrogens (tertiary/aromatic N) is 4. The van der Waals surface area contributed by atoms with Crippen molar-refractivity contribution in [3.63, 3.8) is 0 Å². The van der Waals surface area contributed by atoms with Crippen LogP contribution in [0.4, 0.5) is 0 Å². The second-order valence-electron chi connectivity index (χ2n) is 8.72. The molecule has 1 saturated heterocycles. The number of aromatic nitrogens is 2. The van der Waals surface area contributed by atoms with Crippen molar-refractivity contribution in [2.24, 2.45) is 0 Å². The van der Waals surface area contributed by atoms with E-state index in [9.17, 15) is 4.79 Å². The molecule has 0 aliphatic carbocycles. The molecular formula is C29H28N4O. The van der Waals surface area contributed by atoms with E-state index in [0.29, 0.717) is 0 Å². The highest BCUT2D eigenvalue weighted by Crippen LogP contribution is 2.27. The molecule has 0 unspecified atom stereocenters. The molecule has 1 amide bonds. The first-order chi connectivity index (χ1) is 16.7. The van der Waals surface area contributed by atoms with Crippen molar-refractivity contribution in [1.29, 1.82) is 0 Å². The van der Waals surface area contributed by atoms with Crippen LogP contribution in [0.5, 0.6) is 0 Å². The van der Waals surface area contributed by atoms with Crippen LogP contribution in [0.2, 0.25) is 0 Å². The van der Waals surface area contributed by atoms with Crippen LogP contribution in [0.15, 0.2) is 85.2 Å². The average molecular weight is 449 g/mol. The van der Waals surface area contributed by atoms with Gasteiger partial charge in [-0.2, -0.15) is 0 Å². The summed E-state index contributed by atoms with van der Waals surface area (Å²) >= 11 is 0. The third-order valence-corrected chi connectivity index (χ3v) is 6.30. The minimum absolute atomic E-state index is 0.0767. The van der Waals surface area contributed by atoms with E-state index in [1.165, 1.54) is 5.56 Å². The summed E-state index contributed by atoms with van der Waals surface area (Å²) in [5, 5.41) is 0.913. The molecule has 0 radical (unpaired) electrons. The van der Waals surface area contributed by atoms with E-state index < -0.39 is 0 Å². The highest BCUT2D eigenvalue weighted by Gasteiger charge is 2.24. The molecule has 5 heteroatoms. The van der Waals surface area contributed by atoms with Gasteiger partial charge in [0.1, 0.15) is 0 Å². The van der Waals surface area contributed by atoms with Gasteiger partial charge in [0.05, 0.1) is 16.8 Å². The predicted molar refractivity (Wildman–Crippen MR) is 138 cm³/mol. The van der Waals surface area contributed by atoms with Gasteiger partial charge in [-0.3, -0.25) is 14.7 Å². The van der Waals surface area contributed by atoms with Crippen molar-refractivity contribution < 1.29 is 4.79 Å². The number of carbonyl (C=O) groups is 1. The average Bonchev–Trinajstić information content (AvgIpc) is 2.89. The van der Waals surface area contributed by atoms with Crippen molar-refractivity contribution in [2.75, 3.05) is 32.7 Å². The standard InChI is InChI=1S/C29H28N4O/c1-22-9-10-27-25(20-22)26(21-28(31-27)24-11-13-30-14-12-24)29(34)33-18-16-32(17-19-33)15-5-8-23-6-3-2-4-7-23/h2-14,20-21H,15-19H2,1H3. The van der Waals surface area contributed by atoms with Crippen LogP contribution in [0.25, 0.3) is 28.2 Å². The maximum absolute atomic E-state index is 13.7. The minimum Gasteiger partial charge on any atom is -0.336 e. The quantitative estimate of drug-likeness (QED) is 0.427. The third kappa shape index (κ3) is 4.90. The van der Waals surface area contributed by atoms with E-state index in [-0.39, 0.29) is 5.91 Å². The number of piperazine rings is 1. The minimum atomic E-state index is 0.0767. The number of fused-ring (bicyclic) bond motifs is 1. The monoisotopic (exact) mass is 448 g/mol. The normalized spacial score (nSPS) is 14.7. The largest absolute Gasteiger partial charge is 0.336 e. The topological polar surface area (TPSA) is 49.3 Å². The Morgan fingerprint density at radius 2 is 1.71 bits per heavy atom. The van der Waals surface area contributed by atoms with E-state index in [1.54, 1.807) is 12.4 Å². The molecule has 34 heavy (non-hydrogen) atoms. The Morgan fingerprint density at radius 1 is 0.941 bits per heavy atom. The van der Waals surface area contributed by atoms with Gasteiger partial charge in [0.25, 0.3) is 5.91 Å². The van der Waals surface area contributed by atoms with Gasteiger partial charge >= 0.3 is 0 Å². The number of benzene rings is 2. The number of hydrogen-bond donors (Lipinski definition) is 0. The molecular weight excluding hydrogens is 420 g/mol. The Hall–Kier alpha value is -3.83. The lowest BCUT2D eigenvalue weighted by Crippen LogP contribution is -2.48. The maximum Gasteiger partial charge on any atom is 0.254 e. The SMILES string of the molecule is Cc1ccc2nc(-c3ccncc3)cc(C(=O)N3CCN(CC=Cc4ccccc4)CC3)c2c1. The van der Waals surface area contributed by atoms with Gasteiger partial charge in [0, 0.05) is 56.1 Å². The van der Waals surface area contributed by atoms with Crippen molar-refractivity contribution in [3.05, 3.63) is 102 Å². The van der Waals surface area contributed by atoms with Crippen molar-refractivity contribution >= 4 is 22.9 Å². The molecule has 0 N–H and O–H groups in total. The summed E-state index contributed by atoms with van der Waals surface area (Å²) in [4.78, 5) is 27.0. The molecule has 2 aromatic carbocycles. The van der Waals surface area contributed by atoms with Crippen LogP contribution < -0.4 is 0 Å². The zero-order chi connectivity index (χ0) is 23.3. The lowest BCUT2D eigenvalue weighted by Gasteiger charge is -2.34. The zero-order valence-corrected chi connectivity index (χ0v) is 19.4. The Kier molecular flexibility index (Phi) is 6.45. The number of amides is 1. The summed E-state index contributed by atoms with van der Waals surface area (Å²) < 4.78 is 0. The molecule has 0 bridgehead atoms. The summed E-state index contributed by atoms with van der Waals surface area (Å²) in [5.41, 5.74) is 5.65. The first-order valence-electron chi connectivity index (χ1n) is 11.7. The Labute approximate surface area is 200 Å². The van der Waals surface area contributed by atoms with Gasteiger partial charge in [-0.25, -0.2) is 4.98 Å². The molecule has 1 fully saturated rings. The molecule has 0 saturated carbocycles. The van der Waals surface area contributed by atoms with Crippen molar-refractivity contribution in [3.8, 4) is 11.3 Å². The van der Waals surface area contributed by atoms with Crippen LogP contribution in [0.3, 0.4) is 0 Å². The van der Waals surface area contributed by atoms with Crippen LogP contribution in [-0.4, -0.2) is 58.4 Å². The Balaban J connectivity index is 1.33. The predicted octanol–water partition coefficient (Wildman–Crippen LogP) is 5.08. The first-order valence-corrected chi connectivity index (χ1v) is 11.7. The smallest absolute Gasteiger partial charge is 0.254 e. The molecule has 5 rings (SSSR count). The van der Waals surface area contributed by atoms with Crippen LogP contribution in [0, 0.1) is 6.92 Å².